The number of nitrogens with zero attached hydrogens (tertiary/aromatic N) is 3. The van der Waals surface area contributed by atoms with Gasteiger partial charge in [-0.05, 0) is 23.6 Å². The van der Waals surface area contributed by atoms with E-state index in [0.717, 1.165) is 31.7 Å². The maximum atomic E-state index is 13.3. The summed E-state index contributed by atoms with van der Waals surface area (Å²) in [4.78, 5) is 32.0. The van der Waals surface area contributed by atoms with E-state index >= 15 is 0 Å². The fraction of sp³-hybridized carbons (Fsp3) is 0.286. The van der Waals surface area contributed by atoms with E-state index in [4.69, 9.17) is 0 Å². The number of carbonyl (C=O) groups excluding carboxylic acids is 2. The number of rotatable bonds is 6. The van der Waals surface area contributed by atoms with E-state index in [1.807, 2.05) is 42.5 Å². The van der Waals surface area contributed by atoms with Crippen molar-refractivity contribution in [2.75, 3.05) is 32.8 Å². The Morgan fingerprint density at radius 1 is 0.765 bits per heavy atom. The molecular formula is C28H30N4O2. The van der Waals surface area contributed by atoms with Crippen LogP contribution in [0.15, 0.2) is 91.0 Å². The van der Waals surface area contributed by atoms with Crippen molar-refractivity contribution in [2.24, 2.45) is 0 Å². The van der Waals surface area contributed by atoms with E-state index in [2.05, 4.69) is 63.6 Å². The molecule has 1 N–H and O–H groups in total. The molecule has 1 unspecified atom stereocenters. The highest BCUT2D eigenvalue weighted by Crippen LogP contribution is 2.31. The van der Waals surface area contributed by atoms with E-state index < -0.39 is 5.54 Å². The molecule has 6 heteroatoms. The second kappa shape index (κ2) is 9.41. The summed E-state index contributed by atoms with van der Waals surface area (Å²) in [7, 11) is 0. The summed E-state index contributed by atoms with van der Waals surface area (Å²) in [5, 5.41) is 2.91. The molecule has 2 aliphatic heterocycles. The summed E-state index contributed by atoms with van der Waals surface area (Å²) < 4.78 is 0. The molecular weight excluding hydrogens is 424 g/mol. The van der Waals surface area contributed by atoms with Crippen LogP contribution < -0.4 is 5.32 Å². The fourth-order valence-corrected chi connectivity index (χ4v) is 5.04. The Bertz CT molecular complexity index is 1090. The van der Waals surface area contributed by atoms with E-state index in [9.17, 15) is 9.59 Å². The first-order valence-corrected chi connectivity index (χ1v) is 11.8. The van der Waals surface area contributed by atoms with Gasteiger partial charge in [0, 0.05) is 26.2 Å². The number of amides is 3. The van der Waals surface area contributed by atoms with Gasteiger partial charge in [0.1, 0.15) is 5.54 Å². The van der Waals surface area contributed by atoms with Crippen molar-refractivity contribution in [1.82, 2.24) is 20.0 Å². The smallest absolute Gasteiger partial charge is 0.319 e. The summed E-state index contributed by atoms with van der Waals surface area (Å²) in [6.45, 7) is 5.37. The second-order valence-electron chi connectivity index (χ2n) is 9.17. The zero-order valence-corrected chi connectivity index (χ0v) is 19.4. The molecule has 0 aliphatic carbocycles. The average molecular weight is 455 g/mol. The normalized spacial score (nSPS) is 21.8. The van der Waals surface area contributed by atoms with Crippen molar-refractivity contribution >= 4 is 11.9 Å². The van der Waals surface area contributed by atoms with Crippen LogP contribution in [0.5, 0.6) is 0 Å². The van der Waals surface area contributed by atoms with Gasteiger partial charge in [0.2, 0.25) is 0 Å². The lowest BCUT2D eigenvalue weighted by atomic mass is 9.92. The minimum absolute atomic E-state index is 0.183. The zero-order valence-electron chi connectivity index (χ0n) is 19.4. The molecule has 6 nitrogen and oxygen atoms in total. The SMILES string of the molecule is CC1(c2ccccc2)NC(=O)N(CN2CCN(C(c3ccccc3)c3ccccc3)CC2)C1=O. The molecule has 0 bridgehead atoms. The Kier molecular flexibility index (Phi) is 6.18. The molecule has 2 aliphatic rings. The predicted molar refractivity (Wildman–Crippen MR) is 132 cm³/mol. The molecule has 1 atom stereocenters. The van der Waals surface area contributed by atoms with Crippen molar-refractivity contribution in [3.8, 4) is 0 Å². The summed E-state index contributed by atoms with van der Waals surface area (Å²) >= 11 is 0. The zero-order chi connectivity index (χ0) is 23.5. The van der Waals surface area contributed by atoms with E-state index in [0.29, 0.717) is 6.67 Å². The number of imide groups is 1. The quantitative estimate of drug-likeness (QED) is 0.576. The fourth-order valence-electron chi connectivity index (χ4n) is 5.04. The van der Waals surface area contributed by atoms with Gasteiger partial charge < -0.3 is 5.32 Å². The molecule has 0 aromatic heterocycles. The van der Waals surface area contributed by atoms with Crippen molar-refractivity contribution in [3.63, 3.8) is 0 Å². The van der Waals surface area contributed by atoms with Gasteiger partial charge in [0.05, 0.1) is 12.7 Å². The standard InChI is InChI=1S/C28H30N4O2/c1-28(24-15-9-4-10-16-24)26(33)32(27(34)29-28)21-30-17-19-31(20-18-30)25(22-11-5-2-6-12-22)23-13-7-3-8-14-23/h2-16,25H,17-21H2,1H3,(H,29,34). The minimum atomic E-state index is -1.02. The van der Waals surface area contributed by atoms with Crippen molar-refractivity contribution in [3.05, 3.63) is 108 Å². The van der Waals surface area contributed by atoms with Crippen LogP contribution in [0.25, 0.3) is 0 Å². The minimum Gasteiger partial charge on any atom is -0.319 e. The molecule has 3 amide bonds. The van der Waals surface area contributed by atoms with Gasteiger partial charge in [0.15, 0.2) is 0 Å². The number of carbonyl (C=O) groups is 2. The van der Waals surface area contributed by atoms with Crippen LogP contribution in [0.4, 0.5) is 4.79 Å². The molecule has 3 aromatic carbocycles. The largest absolute Gasteiger partial charge is 0.326 e. The number of nitrogens with one attached hydrogen (secondary N) is 1. The van der Waals surface area contributed by atoms with Crippen LogP contribution in [-0.2, 0) is 10.3 Å². The van der Waals surface area contributed by atoms with E-state index in [-0.39, 0.29) is 18.0 Å². The summed E-state index contributed by atoms with van der Waals surface area (Å²) in [6, 6.07) is 30.5. The lowest BCUT2D eigenvalue weighted by Crippen LogP contribution is -2.52. The summed E-state index contributed by atoms with van der Waals surface area (Å²) in [6.07, 6.45) is 0. The van der Waals surface area contributed by atoms with Crippen molar-refractivity contribution < 1.29 is 9.59 Å². The molecule has 0 saturated carbocycles. The Balaban J connectivity index is 1.27. The molecule has 2 fully saturated rings. The molecule has 34 heavy (non-hydrogen) atoms. The Morgan fingerprint density at radius 2 is 1.26 bits per heavy atom. The topological polar surface area (TPSA) is 55.9 Å². The molecule has 0 spiro atoms. The Hall–Kier alpha value is -3.48. The van der Waals surface area contributed by atoms with Gasteiger partial charge in [-0.25, -0.2) is 9.69 Å². The molecule has 5 rings (SSSR count). The number of hydrogen-bond donors (Lipinski definition) is 1. The third-order valence-corrected chi connectivity index (χ3v) is 6.97. The summed E-state index contributed by atoms with van der Waals surface area (Å²) in [5.41, 5.74) is 2.32. The number of benzene rings is 3. The molecule has 2 saturated heterocycles. The third kappa shape index (κ3) is 4.22. The lowest BCUT2D eigenvalue weighted by Gasteiger charge is -2.40. The third-order valence-electron chi connectivity index (χ3n) is 6.97. The maximum absolute atomic E-state index is 13.3. The van der Waals surface area contributed by atoms with Crippen molar-refractivity contribution in [2.45, 2.75) is 18.5 Å². The Morgan fingerprint density at radius 3 is 1.79 bits per heavy atom. The van der Waals surface area contributed by atoms with Gasteiger partial charge in [0.25, 0.3) is 5.91 Å². The highest BCUT2D eigenvalue weighted by molar-refractivity contribution is 6.07. The van der Waals surface area contributed by atoms with Gasteiger partial charge >= 0.3 is 6.03 Å². The van der Waals surface area contributed by atoms with Crippen LogP contribution in [0, 0.1) is 0 Å². The second-order valence-corrected chi connectivity index (χ2v) is 9.17. The van der Waals surface area contributed by atoms with Crippen LogP contribution >= 0.6 is 0 Å². The van der Waals surface area contributed by atoms with Gasteiger partial charge in [-0.2, -0.15) is 0 Å². The van der Waals surface area contributed by atoms with Crippen LogP contribution in [0.2, 0.25) is 0 Å². The van der Waals surface area contributed by atoms with Crippen LogP contribution in [0.3, 0.4) is 0 Å². The lowest BCUT2D eigenvalue weighted by molar-refractivity contribution is -0.132. The van der Waals surface area contributed by atoms with Crippen LogP contribution in [-0.4, -0.2) is 59.5 Å². The average Bonchev–Trinajstić information content (AvgIpc) is 3.11. The summed E-state index contributed by atoms with van der Waals surface area (Å²) in [5.74, 6) is -0.197. The Labute approximate surface area is 200 Å². The van der Waals surface area contributed by atoms with Crippen molar-refractivity contribution in [1.29, 1.82) is 0 Å². The highest BCUT2D eigenvalue weighted by atomic mass is 16.2. The van der Waals surface area contributed by atoms with E-state index in [1.54, 1.807) is 6.92 Å². The number of urea groups is 1. The number of piperazine rings is 1. The first-order valence-electron chi connectivity index (χ1n) is 11.8. The monoisotopic (exact) mass is 454 g/mol. The van der Waals surface area contributed by atoms with Gasteiger partial charge in [-0.3, -0.25) is 14.6 Å². The van der Waals surface area contributed by atoms with Crippen LogP contribution in [0.1, 0.15) is 29.7 Å². The molecule has 2 heterocycles. The maximum Gasteiger partial charge on any atom is 0.326 e. The highest BCUT2D eigenvalue weighted by Gasteiger charge is 2.49. The molecule has 174 valence electrons. The number of hydrogen-bond acceptors (Lipinski definition) is 4. The van der Waals surface area contributed by atoms with Gasteiger partial charge in [-0.15, -0.1) is 0 Å². The first kappa shape index (κ1) is 22.3. The first-order chi connectivity index (χ1) is 16.6. The van der Waals surface area contributed by atoms with E-state index in [1.165, 1.54) is 16.0 Å². The molecule has 3 aromatic rings. The van der Waals surface area contributed by atoms with Gasteiger partial charge in [-0.1, -0.05) is 91.0 Å². The molecule has 0 radical (unpaired) electrons. The predicted octanol–water partition coefficient (Wildman–Crippen LogP) is 3.82.